The summed E-state index contributed by atoms with van der Waals surface area (Å²) in [6, 6.07) is 0. The van der Waals surface area contributed by atoms with Crippen LogP contribution in [-0.2, 0) is 23.8 Å². The maximum atomic E-state index is 11.9. The second kappa shape index (κ2) is 54.6. The van der Waals surface area contributed by atoms with Gasteiger partial charge in [0, 0.05) is 33.7 Å². The van der Waals surface area contributed by atoms with E-state index in [1.807, 2.05) is 7.11 Å². The minimum atomic E-state index is -0.438. The Morgan fingerprint density at radius 1 is 0.448 bits per heavy atom. The first kappa shape index (κ1) is 66.8. The van der Waals surface area contributed by atoms with Gasteiger partial charge in [-0.25, -0.2) is 0 Å². The van der Waals surface area contributed by atoms with Gasteiger partial charge in [0.15, 0.2) is 0 Å². The number of aldehydes is 1. The zero-order valence-electron chi connectivity index (χ0n) is 45.3. The molecule has 2 N–H and O–H groups in total. The van der Waals surface area contributed by atoms with E-state index in [2.05, 4.69) is 50.2 Å². The van der Waals surface area contributed by atoms with Crippen LogP contribution >= 0.6 is 0 Å². The van der Waals surface area contributed by atoms with Gasteiger partial charge in [0.1, 0.15) is 23.8 Å². The predicted octanol–water partition coefficient (Wildman–Crippen LogP) is 14.9. The van der Waals surface area contributed by atoms with Crippen molar-refractivity contribution >= 4 is 24.1 Å². The molecule has 0 aliphatic heterocycles. The smallest absolute Gasteiger partial charge is 0.293 e. The standard InChI is InChI=1S/C26H47N3O4.C18H38O.C13H26O2/c1-3-4-5-6-9-12-18-29(19-13-10-7-8-11-14-21-30)20-15-16-27-23-24(26(32)25(23)31)28-17-22-33-2;1-4-6-8-10-12-14-16-18(19-3)17-15-13-11-9-7-5-2;1-3-5-6-7-8-9-11-13(10-4-2)15-12-14/h21,27-28H,3-20,22H2,1-2H3;18H,4-17H2,1-3H3;12-13H,3-11H2,1-2H3. The fourth-order valence-electron chi connectivity index (χ4n) is 8.59. The Balaban J connectivity index is 0. The Kier molecular flexibility index (Phi) is 54.5. The van der Waals surface area contributed by atoms with E-state index in [1.54, 1.807) is 7.11 Å². The number of rotatable bonds is 50. The topological polar surface area (TPSA) is 123 Å². The number of methoxy groups -OCH3 is 2. The van der Waals surface area contributed by atoms with Gasteiger partial charge in [0.2, 0.25) is 0 Å². The molecule has 10 heteroatoms. The molecule has 1 aromatic carbocycles. The summed E-state index contributed by atoms with van der Waals surface area (Å²) in [4.78, 5) is 46.9. The zero-order valence-corrected chi connectivity index (χ0v) is 45.3. The summed E-state index contributed by atoms with van der Waals surface area (Å²) < 4.78 is 15.6. The number of anilines is 2. The Labute approximate surface area is 414 Å². The molecule has 0 spiro atoms. The van der Waals surface area contributed by atoms with Gasteiger partial charge >= 0.3 is 0 Å². The molecule has 1 unspecified atom stereocenters. The van der Waals surface area contributed by atoms with E-state index in [4.69, 9.17) is 14.2 Å². The van der Waals surface area contributed by atoms with Crippen molar-refractivity contribution < 1.29 is 23.8 Å². The molecule has 0 radical (unpaired) electrons. The number of unbranched alkanes of at least 4 members (excludes halogenated alkanes) is 25. The van der Waals surface area contributed by atoms with Crippen LogP contribution in [-0.4, -0.2) is 83.4 Å². The lowest BCUT2D eigenvalue weighted by molar-refractivity contribution is -0.134. The van der Waals surface area contributed by atoms with E-state index in [9.17, 15) is 19.2 Å². The quantitative estimate of drug-likeness (QED) is 0.0371. The van der Waals surface area contributed by atoms with Crippen LogP contribution in [0.1, 0.15) is 266 Å². The summed E-state index contributed by atoms with van der Waals surface area (Å²) in [6.45, 7) is 16.7. The third-order valence-electron chi connectivity index (χ3n) is 12.9. The highest BCUT2D eigenvalue weighted by Crippen LogP contribution is 2.18. The molecular weight excluding hydrogens is 839 g/mol. The van der Waals surface area contributed by atoms with Gasteiger partial charge in [-0.3, -0.25) is 14.4 Å². The lowest BCUT2D eigenvalue weighted by Crippen LogP contribution is -2.38. The molecule has 0 aliphatic rings. The highest BCUT2D eigenvalue weighted by atomic mass is 16.5. The van der Waals surface area contributed by atoms with E-state index in [-0.39, 0.29) is 6.10 Å². The summed E-state index contributed by atoms with van der Waals surface area (Å²) in [5.74, 6) is 0. The monoisotopic (exact) mass is 950 g/mol. The molecule has 0 saturated carbocycles. The van der Waals surface area contributed by atoms with Gasteiger partial charge in [0.05, 0.1) is 12.7 Å². The van der Waals surface area contributed by atoms with Crippen LogP contribution in [0.4, 0.5) is 11.4 Å². The van der Waals surface area contributed by atoms with Gasteiger partial charge < -0.3 is 34.5 Å². The Hall–Kier alpha value is -2.30. The van der Waals surface area contributed by atoms with Crippen molar-refractivity contribution in [1.82, 2.24) is 4.90 Å². The second-order valence-corrected chi connectivity index (χ2v) is 19.1. The number of ether oxygens (including phenoxy) is 3. The molecule has 1 aromatic rings. The maximum absolute atomic E-state index is 11.9. The highest BCUT2D eigenvalue weighted by molar-refractivity contribution is 5.73. The highest BCUT2D eigenvalue weighted by Gasteiger charge is 2.20. The molecule has 0 saturated heterocycles. The maximum Gasteiger partial charge on any atom is 0.293 e. The number of carbonyl (C=O) groups is 2. The normalized spacial score (nSPS) is 11.6. The number of carbonyl (C=O) groups excluding carboxylic acids is 2. The van der Waals surface area contributed by atoms with E-state index < -0.39 is 10.9 Å². The summed E-state index contributed by atoms with van der Waals surface area (Å²) in [7, 11) is 3.49. The van der Waals surface area contributed by atoms with Crippen LogP contribution in [0, 0.1) is 0 Å². The number of hydrogen-bond donors (Lipinski definition) is 2. The summed E-state index contributed by atoms with van der Waals surface area (Å²) in [6.07, 6.45) is 47.1. The third-order valence-corrected chi connectivity index (χ3v) is 12.9. The third kappa shape index (κ3) is 43.5. The van der Waals surface area contributed by atoms with Crippen LogP contribution in [0.3, 0.4) is 0 Å². The Morgan fingerprint density at radius 2 is 0.836 bits per heavy atom. The fourth-order valence-corrected chi connectivity index (χ4v) is 8.59. The average Bonchev–Trinajstić information content (AvgIpc) is 3.34. The molecular formula is C57H111N3O7. The first-order valence-electron chi connectivity index (χ1n) is 28.4. The molecule has 0 aromatic heterocycles. The fraction of sp³-hybridized carbons (Fsp3) is 0.895. The van der Waals surface area contributed by atoms with Crippen LogP contribution in [0.2, 0.25) is 0 Å². The van der Waals surface area contributed by atoms with Crippen LogP contribution in [0.5, 0.6) is 0 Å². The largest absolute Gasteiger partial charge is 0.465 e. The van der Waals surface area contributed by atoms with Crippen molar-refractivity contribution in [1.29, 1.82) is 0 Å². The van der Waals surface area contributed by atoms with Crippen LogP contribution in [0.25, 0.3) is 0 Å². The van der Waals surface area contributed by atoms with Gasteiger partial charge in [-0.05, 0) is 77.4 Å². The first-order chi connectivity index (χ1) is 32.8. The Morgan fingerprint density at radius 3 is 1.24 bits per heavy atom. The molecule has 0 heterocycles. The van der Waals surface area contributed by atoms with Crippen molar-refractivity contribution in [2.45, 2.75) is 278 Å². The molecule has 1 rings (SSSR count). The summed E-state index contributed by atoms with van der Waals surface area (Å²) >= 11 is 0. The molecule has 1 atom stereocenters. The molecule has 0 fully saturated rings. The van der Waals surface area contributed by atoms with Crippen molar-refractivity contribution in [2.24, 2.45) is 0 Å². The summed E-state index contributed by atoms with van der Waals surface area (Å²) in [5.41, 5.74) is -0.0376. The predicted molar refractivity (Wildman–Crippen MR) is 289 cm³/mol. The van der Waals surface area contributed by atoms with E-state index in [0.29, 0.717) is 50.1 Å². The minimum Gasteiger partial charge on any atom is -0.465 e. The Bertz CT molecular complexity index is 1210. The van der Waals surface area contributed by atoms with Crippen LogP contribution < -0.4 is 21.5 Å². The lowest BCUT2D eigenvalue weighted by atomic mass is 10.0. The molecule has 10 nitrogen and oxygen atoms in total. The van der Waals surface area contributed by atoms with Gasteiger partial charge in [-0.2, -0.15) is 0 Å². The zero-order chi connectivity index (χ0) is 49.7. The summed E-state index contributed by atoms with van der Waals surface area (Å²) in [5, 5.41) is 6.16. The molecule has 396 valence electrons. The SMILES string of the molecule is CCCCCCCCC(CCC)OC=O.CCCCCCCCC(CCCCCCCC)OC.CCCCCCCCN(CCCCCCCC=O)CCCNc1c(NCCOC)c(=O)c1=O. The molecule has 0 bridgehead atoms. The van der Waals surface area contributed by atoms with Gasteiger partial charge in [-0.15, -0.1) is 0 Å². The molecule has 67 heavy (non-hydrogen) atoms. The van der Waals surface area contributed by atoms with E-state index in [0.717, 1.165) is 64.4 Å². The van der Waals surface area contributed by atoms with E-state index >= 15 is 0 Å². The minimum absolute atomic E-state index is 0.165. The number of nitrogens with one attached hydrogen (secondary N) is 2. The van der Waals surface area contributed by atoms with Crippen LogP contribution in [0.15, 0.2) is 9.59 Å². The number of hydrogen-bond acceptors (Lipinski definition) is 10. The van der Waals surface area contributed by atoms with Crippen molar-refractivity contribution in [2.75, 3.05) is 64.2 Å². The second-order valence-electron chi connectivity index (χ2n) is 19.1. The number of nitrogens with zero attached hydrogens (tertiary/aromatic N) is 1. The molecule has 0 aliphatic carbocycles. The van der Waals surface area contributed by atoms with Gasteiger partial charge in [-0.1, -0.05) is 202 Å². The van der Waals surface area contributed by atoms with E-state index in [1.165, 1.54) is 186 Å². The molecule has 0 amide bonds. The first-order valence-corrected chi connectivity index (χ1v) is 28.4. The van der Waals surface area contributed by atoms with Gasteiger partial charge in [0.25, 0.3) is 17.3 Å². The van der Waals surface area contributed by atoms with Crippen molar-refractivity contribution in [3.63, 3.8) is 0 Å². The van der Waals surface area contributed by atoms with Crippen molar-refractivity contribution in [3.8, 4) is 0 Å². The average molecular weight is 951 g/mol. The van der Waals surface area contributed by atoms with Crippen molar-refractivity contribution in [3.05, 3.63) is 20.4 Å². The lowest BCUT2D eigenvalue weighted by Gasteiger charge is -2.23.